The second kappa shape index (κ2) is 6.78. The fraction of sp³-hybridized carbons (Fsp3) is 0.524. The Balaban J connectivity index is 1.44. The molecule has 0 radical (unpaired) electrons. The van der Waals surface area contributed by atoms with Crippen LogP contribution in [0.15, 0.2) is 36.5 Å². The summed E-state index contributed by atoms with van der Waals surface area (Å²) in [5, 5.41) is 1.21. The van der Waals surface area contributed by atoms with Crippen LogP contribution in [0.2, 0.25) is 0 Å². The molecule has 5 nitrogen and oxygen atoms in total. The average Bonchev–Trinajstić information content (AvgIpc) is 3.20. The van der Waals surface area contributed by atoms with Crippen molar-refractivity contribution in [2.45, 2.75) is 50.7 Å². The maximum Gasteiger partial charge on any atom is 0.307 e. The molecule has 0 unspecified atom stereocenters. The van der Waals surface area contributed by atoms with Crippen LogP contribution < -0.4 is 0 Å². The van der Waals surface area contributed by atoms with Gasteiger partial charge in [-0.3, -0.25) is 9.59 Å². The first kappa shape index (κ1) is 17.1. The topological polar surface area (TPSA) is 51.5 Å². The maximum absolute atomic E-state index is 13.1. The molecule has 1 aromatic heterocycles. The molecule has 1 saturated carbocycles. The van der Waals surface area contributed by atoms with Gasteiger partial charge in [-0.05, 0) is 43.2 Å². The van der Waals surface area contributed by atoms with Gasteiger partial charge < -0.3 is 14.2 Å². The Bertz CT molecular complexity index is 820. The Morgan fingerprint density at radius 2 is 2.00 bits per heavy atom. The molecule has 1 spiro atoms. The van der Waals surface area contributed by atoms with E-state index in [-0.39, 0.29) is 24.2 Å². The molecule has 1 saturated heterocycles. The van der Waals surface area contributed by atoms with Gasteiger partial charge >= 0.3 is 5.97 Å². The molecule has 1 aliphatic carbocycles. The molecule has 0 N–H and O–H groups in total. The number of carbonyl (C=O) groups is 2. The Hall–Kier alpha value is -2.30. The zero-order valence-electron chi connectivity index (χ0n) is 15.3. The fourth-order valence-electron chi connectivity index (χ4n) is 4.57. The van der Waals surface area contributed by atoms with Crippen LogP contribution in [0.5, 0.6) is 0 Å². The van der Waals surface area contributed by atoms with Crippen molar-refractivity contribution in [3.63, 3.8) is 0 Å². The van der Waals surface area contributed by atoms with Crippen molar-refractivity contribution in [2.24, 2.45) is 5.92 Å². The lowest BCUT2D eigenvalue weighted by atomic mass is 9.75. The fourth-order valence-corrected chi connectivity index (χ4v) is 4.57. The summed E-state index contributed by atoms with van der Waals surface area (Å²) in [6.07, 6.45) is 7.18. The van der Waals surface area contributed by atoms with Crippen molar-refractivity contribution in [3.8, 4) is 0 Å². The molecule has 26 heavy (non-hydrogen) atoms. The number of hydrogen-bond acceptors (Lipinski definition) is 3. The third kappa shape index (κ3) is 3.00. The van der Waals surface area contributed by atoms with Crippen molar-refractivity contribution < 1.29 is 14.3 Å². The summed E-state index contributed by atoms with van der Waals surface area (Å²) in [5.41, 5.74) is 0.636. The minimum Gasteiger partial charge on any atom is -0.458 e. The van der Waals surface area contributed by atoms with Gasteiger partial charge in [0.2, 0.25) is 5.91 Å². The number of para-hydroxylation sites is 1. The van der Waals surface area contributed by atoms with E-state index in [1.165, 1.54) is 10.9 Å². The van der Waals surface area contributed by atoms with Gasteiger partial charge in [-0.2, -0.15) is 0 Å². The largest absolute Gasteiger partial charge is 0.458 e. The minimum absolute atomic E-state index is 0.0502. The lowest BCUT2D eigenvalue weighted by molar-refractivity contribution is -0.155. The van der Waals surface area contributed by atoms with Gasteiger partial charge in [0, 0.05) is 31.9 Å². The molecule has 138 valence electrons. The molecule has 1 aromatic carbocycles. The summed E-state index contributed by atoms with van der Waals surface area (Å²) in [6, 6.07) is 10.3. The number of ether oxygens (including phenoxy) is 1. The minimum atomic E-state index is -0.541. The summed E-state index contributed by atoms with van der Waals surface area (Å²) in [5.74, 6) is -0.481. The van der Waals surface area contributed by atoms with Crippen LogP contribution in [-0.2, 0) is 20.9 Å². The molecule has 2 aromatic rings. The molecular formula is C21H26N2O3. The van der Waals surface area contributed by atoms with E-state index in [0.717, 1.165) is 38.6 Å². The Morgan fingerprint density at radius 3 is 2.81 bits per heavy atom. The Labute approximate surface area is 153 Å². The van der Waals surface area contributed by atoms with Crippen LogP contribution in [-0.4, -0.2) is 40.5 Å². The molecule has 1 amide bonds. The van der Waals surface area contributed by atoms with Crippen LogP contribution >= 0.6 is 0 Å². The van der Waals surface area contributed by atoms with E-state index in [0.29, 0.717) is 6.54 Å². The van der Waals surface area contributed by atoms with E-state index in [4.69, 9.17) is 4.74 Å². The van der Waals surface area contributed by atoms with Gasteiger partial charge in [0.05, 0.1) is 12.3 Å². The summed E-state index contributed by atoms with van der Waals surface area (Å²) < 4.78 is 7.86. The number of aromatic nitrogens is 1. The first-order valence-corrected chi connectivity index (χ1v) is 9.60. The molecule has 0 bridgehead atoms. The van der Waals surface area contributed by atoms with E-state index in [9.17, 15) is 9.59 Å². The summed E-state index contributed by atoms with van der Waals surface area (Å²) in [4.78, 5) is 26.8. The monoisotopic (exact) mass is 354 g/mol. The van der Waals surface area contributed by atoms with Gasteiger partial charge in [-0.15, -0.1) is 0 Å². The second-order valence-electron chi connectivity index (χ2n) is 7.68. The number of carbonyl (C=O) groups excluding carboxylic acids is 2. The van der Waals surface area contributed by atoms with Gasteiger partial charge in [0.25, 0.3) is 0 Å². The summed E-state index contributed by atoms with van der Waals surface area (Å²) >= 11 is 0. The Morgan fingerprint density at radius 1 is 1.23 bits per heavy atom. The maximum atomic E-state index is 13.1. The van der Waals surface area contributed by atoms with E-state index >= 15 is 0 Å². The number of hydrogen-bond donors (Lipinski definition) is 0. The predicted octanol–water partition coefficient (Wildman–Crippen LogP) is 3.37. The first-order valence-electron chi connectivity index (χ1n) is 9.60. The van der Waals surface area contributed by atoms with Gasteiger partial charge in [0.15, 0.2) is 0 Å². The molecule has 2 heterocycles. The number of nitrogens with zero attached hydrogens (tertiary/aromatic N) is 2. The highest BCUT2D eigenvalue weighted by Crippen LogP contribution is 2.44. The van der Waals surface area contributed by atoms with Crippen LogP contribution in [0.4, 0.5) is 0 Å². The first-order chi connectivity index (χ1) is 12.6. The number of esters is 1. The molecule has 2 aliphatic rings. The lowest BCUT2D eigenvalue weighted by Gasteiger charge is -2.37. The smallest absolute Gasteiger partial charge is 0.307 e. The molecule has 1 atom stereocenters. The van der Waals surface area contributed by atoms with Crippen molar-refractivity contribution >= 4 is 22.8 Å². The SMILES string of the molecule is CN(CCn1ccc2ccccc21)C(=O)[C@H]1CC(=O)OC12CCCCC2. The highest BCUT2D eigenvalue weighted by Gasteiger charge is 2.53. The number of benzene rings is 1. The standard InChI is InChI=1S/C21H26N2O3/c1-22(13-14-23-12-9-16-7-3-4-8-18(16)23)20(25)17-15-19(24)26-21(17)10-5-2-6-11-21/h3-4,7-9,12,17H,2,5-6,10-11,13-15H2,1H3/t17-/m1/s1. The molecule has 2 fully saturated rings. The molecular weight excluding hydrogens is 328 g/mol. The van der Waals surface area contributed by atoms with Crippen molar-refractivity contribution in [1.29, 1.82) is 0 Å². The quantitative estimate of drug-likeness (QED) is 0.791. The van der Waals surface area contributed by atoms with E-state index in [1.807, 2.05) is 19.2 Å². The third-order valence-corrected chi connectivity index (χ3v) is 6.05. The zero-order chi connectivity index (χ0) is 18.1. The van der Waals surface area contributed by atoms with E-state index < -0.39 is 5.60 Å². The van der Waals surface area contributed by atoms with Crippen LogP contribution in [0, 0.1) is 5.92 Å². The van der Waals surface area contributed by atoms with Crippen molar-refractivity contribution in [3.05, 3.63) is 36.5 Å². The number of fused-ring (bicyclic) bond motifs is 1. The molecule has 5 heteroatoms. The molecule has 4 rings (SSSR count). The summed E-state index contributed by atoms with van der Waals surface area (Å²) in [6.45, 7) is 1.36. The predicted molar refractivity (Wildman–Crippen MR) is 99.6 cm³/mol. The van der Waals surface area contributed by atoms with Gasteiger partial charge in [0.1, 0.15) is 5.60 Å². The van der Waals surface area contributed by atoms with Crippen LogP contribution in [0.25, 0.3) is 10.9 Å². The number of rotatable bonds is 4. The Kier molecular flexibility index (Phi) is 4.47. The third-order valence-electron chi connectivity index (χ3n) is 6.05. The second-order valence-corrected chi connectivity index (χ2v) is 7.68. The van der Waals surface area contributed by atoms with Crippen LogP contribution in [0.3, 0.4) is 0 Å². The average molecular weight is 354 g/mol. The number of likely N-dealkylation sites (N-methyl/N-ethyl adjacent to an activating group) is 1. The summed E-state index contributed by atoms with van der Waals surface area (Å²) in [7, 11) is 1.84. The van der Waals surface area contributed by atoms with Gasteiger partial charge in [-0.25, -0.2) is 0 Å². The van der Waals surface area contributed by atoms with Crippen molar-refractivity contribution in [2.75, 3.05) is 13.6 Å². The van der Waals surface area contributed by atoms with E-state index in [2.05, 4.69) is 29.0 Å². The van der Waals surface area contributed by atoms with Crippen molar-refractivity contribution in [1.82, 2.24) is 9.47 Å². The lowest BCUT2D eigenvalue weighted by Crippen LogP contribution is -2.46. The highest BCUT2D eigenvalue weighted by atomic mass is 16.6. The normalized spacial score (nSPS) is 21.9. The van der Waals surface area contributed by atoms with Crippen LogP contribution in [0.1, 0.15) is 38.5 Å². The van der Waals surface area contributed by atoms with Gasteiger partial charge in [-0.1, -0.05) is 24.6 Å². The highest BCUT2D eigenvalue weighted by molar-refractivity contribution is 5.88. The number of amides is 1. The molecule has 1 aliphatic heterocycles. The zero-order valence-corrected chi connectivity index (χ0v) is 15.3. The van der Waals surface area contributed by atoms with E-state index in [1.54, 1.807) is 4.90 Å².